The number of rotatable bonds is 7. The molecule has 1 N–H and O–H groups in total. The van der Waals surface area contributed by atoms with Crippen molar-refractivity contribution in [3.8, 4) is 0 Å². The average molecular weight is 443 g/mol. The number of anilines is 1. The van der Waals surface area contributed by atoms with Gasteiger partial charge >= 0.3 is 5.97 Å². The van der Waals surface area contributed by atoms with Crippen LogP contribution in [0.2, 0.25) is 0 Å². The van der Waals surface area contributed by atoms with E-state index in [1.54, 1.807) is 11.8 Å². The van der Waals surface area contributed by atoms with Crippen molar-refractivity contribution in [3.05, 3.63) is 52.4 Å². The van der Waals surface area contributed by atoms with Crippen LogP contribution in [0.4, 0.5) is 5.69 Å². The molecule has 1 aromatic carbocycles. The third-order valence-electron chi connectivity index (χ3n) is 5.87. The summed E-state index contributed by atoms with van der Waals surface area (Å²) >= 11 is 1.74. The summed E-state index contributed by atoms with van der Waals surface area (Å²) in [6, 6.07) is 8.11. The second-order valence-corrected chi connectivity index (χ2v) is 10.6. The monoisotopic (exact) mass is 442 g/mol. The molecule has 0 amide bonds. The number of esters is 1. The average Bonchev–Trinajstić information content (AvgIpc) is 2.69. The maximum absolute atomic E-state index is 13.3. The van der Waals surface area contributed by atoms with Gasteiger partial charge in [0.25, 0.3) is 0 Å². The number of nitrogens with one attached hydrogen (secondary N) is 1. The van der Waals surface area contributed by atoms with Gasteiger partial charge in [0.05, 0.1) is 5.57 Å². The van der Waals surface area contributed by atoms with Gasteiger partial charge in [-0.2, -0.15) is 11.8 Å². The zero-order chi connectivity index (χ0) is 22.8. The third kappa shape index (κ3) is 5.17. The van der Waals surface area contributed by atoms with Crippen LogP contribution in [0.25, 0.3) is 0 Å². The molecular weight excluding hydrogens is 408 g/mol. The van der Waals surface area contributed by atoms with Crippen molar-refractivity contribution in [2.75, 3.05) is 37.1 Å². The highest BCUT2D eigenvalue weighted by atomic mass is 32.2. The summed E-state index contributed by atoms with van der Waals surface area (Å²) in [6.45, 7) is 8.60. The number of ketones is 1. The van der Waals surface area contributed by atoms with Crippen LogP contribution in [0.5, 0.6) is 0 Å². The molecule has 0 spiro atoms. The van der Waals surface area contributed by atoms with E-state index in [-0.39, 0.29) is 17.2 Å². The van der Waals surface area contributed by atoms with Crippen molar-refractivity contribution in [2.24, 2.45) is 5.41 Å². The topological polar surface area (TPSA) is 58.6 Å². The highest BCUT2D eigenvalue weighted by Crippen LogP contribution is 2.46. The molecule has 168 valence electrons. The smallest absolute Gasteiger partial charge is 0.336 e. The Kier molecular flexibility index (Phi) is 7.20. The Hall–Kier alpha value is -2.21. The van der Waals surface area contributed by atoms with Crippen LogP contribution in [-0.2, 0) is 14.3 Å². The van der Waals surface area contributed by atoms with E-state index < -0.39 is 5.92 Å². The summed E-state index contributed by atoms with van der Waals surface area (Å²) in [7, 11) is 3.99. The van der Waals surface area contributed by atoms with Crippen LogP contribution in [0.15, 0.2) is 46.8 Å². The quantitative estimate of drug-likeness (QED) is 0.490. The largest absolute Gasteiger partial charge is 0.461 e. The number of carbonyl (C=O) groups is 2. The number of dihydropyridines is 1. The molecule has 1 aromatic rings. The van der Waals surface area contributed by atoms with E-state index in [0.717, 1.165) is 46.1 Å². The molecule has 0 radical (unpaired) electrons. The van der Waals surface area contributed by atoms with Gasteiger partial charge in [-0.05, 0) is 42.2 Å². The first-order valence-corrected chi connectivity index (χ1v) is 12.1. The molecule has 31 heavy (non-hydrogen) atoms. The maximum atomic E-state index is 13.3. The number of carbonyl (C=O) groups excluding carboxylic acids is 2. The zero-order valence-corrected chi connectivity index (χ0v) is 20.3. The molecule has 0 unspecified atom stereocenters. The fourth-order valence-electron chi connectivity index (χ4n) is 4.42. The Labute approximate surface area is 190 Å². The summed E-state index contributed by atoms with van der Waals surface area (Å²) in [5, 5.41) is 3.39. The molecule has 0 saturated carbocycles. The van der Waals surface area contributed by atoms with Crippen molar-refractivity contribution in [3.63, 3.8) is 0 Å². The minimum absolute atomic E-state index is 0.0993. The van der Waals surface area contributed by atoms with Gasteiger partial charge in [-0.25, -0.2) is 4.79 Å². The molecule has 0 bridgehead atoms. The molecule has 3 rings (SSSR count). The van der Waals surface area contributed by atoms with E-state index >= 15 is 0 Å². The van der Waals surface area contributed by atoms with Crippen molar-refractivity contribution < 1.29 is 14.3 Å². The van der Waals surface area contributed by atoms with Crippen LogP contribution in [0.3, 0.4) is 0 Å². The van der Waals surface area contributed by atoms with E-state index in [1.807, 2.05) is 50.2 Å². The van der Waals surface area contributed by atoms with Gasteiger partial charge in [0, 0.05) is 54.8 Å². The lowest BCUT2D eigenvalue weighted by Crippen LogP contribution is -2.38. The highest BCUT2D eigenvalue weighted by molar-refractivity contribution is 7.99. The molecule has 6 heteroatoms. The molecule has 5 nitrogen and oxygen atoms in total. The SMILES string of the molecule is CCSCCOC(=O)C1=C(C)NC2=C(C(=O)CC(C)(C)C2)[C@H]1c1ccc(N(C)C)cc1. The first kappa shape index (κ1) is 23.5. The van der Waals surface area contributed by atoms with Crippen LogP contribution in [0, 0.1) is 5.41 Å². The molecule has 1 atom stereocenters. The summed E-state index contributed by atoms with van der Waals surface area (Å²) in [5.41, 5.74) is 4.91. The second-order valence-electron chi connectivity index (χ2n) is 9.25. The molecule has 0 fully saturated rings. The summed E-state index contributed by atoms with van der Waals surface area (Å²) in [6.07, 6.45) is 1.27. The Morgan fingerprint density at radius 2 is 1.90 bits per heavy atom. The van der Waals surface area contributed by atoms with Gasteiger partial charge in [0.2, 0.25) is 0 Å². The van der Waals surface area contributed by atoms with Crippen LogP contribution >= 0.6 is 11.8 Å². The minimum atomic E-state index is -0.401. The lowest BCUT2D eigenvalue weighted by molar-refractivity contribution is -0.138. The fourth-order valence-corrected chi connectivity index (χ4v) is 4.91. The van der Waals surface area contributed by atoms with Gasteiger partial charge in [-0.3, -0.25) is 4.79 Å². The lowest BCUT2D eigenvalue weighted by atomic mass is 9.68. The standard InChI is InChI=1S/C25H34N2O3S/c1-7-31-13-12-30-24(29)21-16(2)26-19-14-25(3,4)15-20(28)23(19)22(21)17-8-10-18(11-9-17)27(5)6/h8-11,22,26H,7,12-15H2,1-6H3/t22-/m0/s1. The van der Waals surface area contributed by atoms with Crippen molar-refractivity contribution >= 4 is 29.2 Å². The molecule has 0 aromatic heterocycles. The lowest BCUT2D eigenvalue weighted by Gasteiger charge is -2.39. The number of allylic oxidation sites excluding steroid dienone is 3. The first-order chi connectivity index (χ1) is 14.6. The Morgan fingerprint density at radius 1 is 1.23 bits per heavy atom. The molecule has 0 saturated heterocycles. The van der Waals surface area contributed by atoms with Crippen LogP contribution < -0.4 is 10.2 Å². The Morgan fingerprint density at radius 3 is 2.52 bits per heavy atom. The zero-order valence-electron chi connectivity index (χ0n) is 19.5. The molecular formula is C25H34N2O3S. The molecule has 1 heterocycles. The van der Waals surface area contributed by atoms with Crippen molar-refractivity contribution in [1.29, 1.82) is 0 Å². The predicted molar refractivity (Wildman–Crippen MR) is 128 cm³/mol. The number of nitrogens with zero attached hydrogens (tertiary/aromatic N) is 1. The highest BCUT2D eigenvalue weighted by Gasteiger charge is 2.43. The number of Topliss-reactive ketones (excluding diaryl/α,β-unsaturated/α-hetero) is 1. The Bertz CT molecular complexity index is 913. The number of thioether (sulfide) groups is 1. The predicted octanol–water partition coefficient (Wildman–Crippen LogP) is 4.65. The minimum Gasteiger partial charge on any atom is -0.461 e. The number of benzene rings is 1. The number of ether oxygens (including phenoxy) is 1. The fraction of sp³-hybridized carbons (Fsp3) is 0.520. The van der Waals surface area contributed by atoms with Crippen LogP contribution in [-0.4, -0.2) is 44.0 Å². The van der Waals surface area contributed by atoms with E-state index in [2.05, 4.69) is 26.1 Å². The molecule has 1 aliphatic carbocycles. The van der Waals surface area contributed by atoms with E-state index in [9.17, 15) is 9.59 Å². The van der Waals surface area contributed by atoms with E-state index in [4.69, 9.17) is 4.74 Å². The second kappa shape index (κ2) is 9.51. The summed E-state index contributed by atoms with van der Waals surface area (Å²) in [5.74, 6) is 1.13. The first-order valence-electron chi connectivity index (χ1n) is 10.9. The maximum Gasteiger partial charge on any atom is 0.336 e. The van der Waals surface area contributed by atoms with Gasteiger partial charge in [-0.1, -0.05) is 32.9 Å². The van der Waals surface area contributed by atoms with Gasteiger partial charge < -0.3 is 15.0 Å². The van der Waals surface area contributed by atoms with Gasteiger partial charge in [0.1, 0.15) is 6.61 Å². The van der Waals surface area contributed by atoms with Gasteiger partial charge in [-0.15, -0.1) is 0 Å². The Balaban J connectivity index is 2.02. The number of hydrogen-bond donors (Lipinski definition) is 1. The summed E-state index contributed by atoms with van der Waals surface area (Å²) in [4.78, 5) is 28.5. The number of hydrogen-bond acceptors (Lipinski definition) is 6. The molecule has 2 aliphatic rings. The van der Waals surface area contributed by atoms with Gasteiger partial charge in [0.15, 0.2) is 5.78 Å². The third-order valence-corrected chi connectivity index (χ3v) is 6.73. The summed E-state index contributed by atoms with van der Waals surface area (Å²) < 4.78 is 5.62. The van der Waals surface area contributed by atoms with Crippen LogP contribution in [0.1, 0.15) is 52.0 Å². The normalized spacial score (nSPS) is 20.3. The van der Waals surface area contributed by atoms with E-state index in [1.165, 1.54) is 0 Å². The van der Waals surface area contributed by atoms with Crippen molar-refractivity contribution in [1.82, 2.24) is 5.32 Å². The molecule has 1 aliphatic heterocycles. The van der Waals surface area contributed by atoms with E-state index in [0.29, 0.717) is 18.6 Å². The van der Waals surface area contributed by atoms with Crippen molar-refractivity contribution in [2.45, 2.75) is 46.5 Å².